The van der Waals surface area contributed by atoms with Gasteiger partial charge in [0.25, 0.3) is 0 Å². The maximum atomic E-state index is 5.93. The van der Waals surface area contributed by atoms with Crippen LogP contribution in [-0.2, 0) is 6.54 Å². The molecule has 0 unspecified atom stereocenters. The van der Waals surface area contributed by atoms with Crippen molar-refractivity contribution in [1.29, 1.82) is 0 Å². The van der Waals surface area contributed by atoms with Crippen molar-refractivity contribution in [3.8, 4) is 0 Å². The molecule has 0 aromatic carbocycles. The third-order valence-electron chi connectivity index (χ3n) is 4.19. The van der Waals surface area contributed by atoms with Crippen LogP contribution in [0.3, 0.4) is 0 Å². The molecule has 0 amide bonds. The lowest BCUT2D eigenvalue weighted by atomic mass is 10.1. The first-order valence-electron chi connectivity index (χ1n) is 7.80. The van der Waals surface area contributed by atoms with Crippen LogP contribution in [0.5, 0.6) is 0 Å². The molecule has 21 heavy (non-hydrogen) atoms. The molecule has 1 aliphatic rings. The van der Waals surface area contributed by atoms with Gasteiger partial charge in [0.1, 0.15) is 5.82 Å². The van der Waals surface area contributed by atoms with Crippen molar-refractivity contribution >= 4 is 5.82 Å². The van der Waals surface area contributed by atoms with Gasteiger partial charge in [-0.2, -0.15) is 0 Å². The molecule has 2 rings (SSSR count). The van der Waals surface area contributed by atoms with Crippen LogP contribution in [0.1, 0.15) is 16.8 Å². The number of rotatable bonds is 5. The summed E-state index contributed by atoms with van der Waals surface area (Å²) in [4.78, 5) is 11.9. The molecular formula is C16H29N5. The Morgan fingerprint density at radius 3 is 2.43 bits per heavy atom. The molecule has 1 aromatic heterocycles. The average Bonchev–Trinajstić information content (AvgIpc) is 2.45. The van der Waals surface area contributed by atoms with Gasteiger partial charge in [0.05, 0.1) is 0 Å². The second-order valence-corrected chi connectivity index (χ2v) is 6.22. The Kier molecular flexibility index (Phi) is 5.56. The molecule has 0 bridgehead atoms. The minimum atomic E-state index is 0.565. The van der Waals surface area contributed by atoms with E-state index in [1.807, 2.05) is 0 Å². The number of hydrogen-bond donors (Lipinski definition) is 1. The van der Waals surface area contributed by atoms with Gasteiger partial charge in [-0.3, -0.25) is 4.90 Å². The van der Waals surface area contributed by atoms with E-state index in [-0.39, 0.29) is 0 Å². The van der Waals surface area contributed by atoms with E-state index in [2.05, 4.69) is 48.7 Å². The lowest BCUT2D eigenvalue weighted by molar-refractivity contribution is 0.229. The molecule has 2 N–H and O–H groups in total. The summed E-state index contributed by atoms with van der Waals surface area (Å²) >= 11 is 0. The number of aryl methyl sites for hydroxylation is 2. The van der Waals surface area contributed by atoms with E-state index in [0.717, 1.165) is 50.8 Å². The van der Waals surface area contributed by atoms with Crippen LogP contribution >= 0.6 is 0 Å². The number of aromatic nitrogens is 1. The topological polar surface area (TPSA) is 48.6 Å². The molecule has 0 spiro atoms. The number of anilines is 1. The number of pyridine rings is 1. The molecule has 0 saturated carbocycles. The Bertz CT molecular complexity index is 464. The third-order valence-corrected chi connectivity index (χ3v) is 4.19. The van der Waals surface area contributed by atoms with E-state index < -0.39 is 0 Å². The lowest BCUT2D eigenvalue weighted by Crippen LogP contribution is -2.48. The normalized spacial score (nSPS) is 16.8. The van der Waals surface area contributed by atoms with Crippen LogP contribution in [0, 0.1) is 13.8 Å². The maximum Gasteiger partial charge on any atom is 0.133 e. The highest BCUT2D eigenvalue weighted by molar-refractivity contribution is 5.52. The Morgan fingerprint density at radius 1 is 1.19 bits per heavy atom. The van der Waals surface area contributed by atoms with E-state index in [1.54, 1.807) is 0 Å². The van der Waals surface area contributed by atoms with Crippen LogP contribution < -0.4 is 10.6 Å². The van der Waals surface area contributed by atoms with Crippen molar-refractivity contribution in [2.75, 3.05) is 58.3 Å². The number of nitrogens with two attached hydrogens (primary N) is 1. The zero-order valence-corrected chi connectivity index (χ0v) is 13.9. The molecule has 0 radical (unpaired) electrons. The summed E-state index contributed by atoms with van der Waals surface area (Å²) in [6, 6.07) is 2.12. The van der Waals surface area contributed by atoms with Gasteiger partial charge in [0.2, 0.25) is 0 Å². The summed E-state index contributed by atoms with van der Waals surface area (Å²) in [6.45, 7) is 11.3. The highest BCUT2D eigenvalue weighted by Crippen LogP contribution is 2.23. The van der Waals surface area contributed by atoms with Crippen molar-refractivity contribution in [3.63, 3.8) is 0 Å². The largest absolute Gasteiger partial charge is 0.354 e. The molecule has 5 heteroatoms. The van der Waals surface area contributed by atoms with Gasteiger partial charge in [-0.05, 0) is 39.6 Å². The van der Waals surface area contributed by atoms with Crippen molar-refractivity contribution in [3.05, 3.63) is 22.9 Å². The summed E-state index contributed by atoms with van der Waals surface area (Å²) in [5.41, 5.74) is 9.47. The van der Waals surface area contributed by atoms with Gasteiger partial charge < -0.3 is 15.5 Å². The second-order valence-electron chi connectivity index (χ2n) is 6.22. The Hall–Kier alpha value is -1.17. The molecule has 5 nitrogen and oxygen atoms in total. The highest BCUT2D eigenvalue weighted by Gasteiger charge is 2.20. The van der Waals surface area contributed by atoms with Crippen molar-refractivity contribution in [2.45, 2.75) is 20.4 Å². The van der Waals surface area contributed by atoms with Gasteiger partial charge in [0, 0.05) is 57.1 Å². The second kappa shape index (κ2) is 7.20. The zero-order valence-electron chi connectivity index (χ0n) is 13.9. The van der Waals surface area contributed by atoms with Crippen LogP contribution in [0.15, 0.2) is 6.07 Å². The van der Waals surface area contributed by atoms with Gasteiger partial charge >= 0.3 is 0 Å². The molecular weight excluding hydrogens is 262 g/mol. The highest BCUT2D eigenvalue weighted by atomic mass is 15.3. The SMILES string of the molecule is Cc1cc(C)c(CN)c(N2CCN(CCN(C)C)CC2)n1. The minimum Gasteiger partial charge on any atom is -0.354 e. The summed E-state index contributed by atoms with van der Waals surface area (Å²) < 4.78 is 0. The Morgan fingerprint density at radius 2 is 1.86 bits per heavy atom. The summed E-state index contributed by atoms with van der Waals surface area (Å²) in [5.74, 6) is 1.10. The smallest absolute Gasteiger partial charge is 0.133 e. The predicted molar refractivity (Wildman–Crippen MR) is 88.8 cm³/mol. The number of piperazine rings is 1. The third kappa shape index (κ3) is 4.15. The van der Waals surface area contributed by atoms with E-state index >= 15 is 0 Å². The first-order chi connectivity index (χ1) is 10.0. The standard InChI is InChI=1S/C16H29N5/c1-13-11-14(2)18-16(15(13)12-17)21-9-7-20(8-10-21)6-5-19(3)4/h11H,5-10,12,17H2,1-4H3. The van der Waals surface area contributed by atoms with Gasteiger partial charge in [-0.15, -0.1) is 0 Å². The van der Waals surface area contributed by atoms with Crippen molar-refractivity contribution in [1.82, 2.24) is 14.8 Å². The van der Waals surface area contributed by atoms with Crippen LogP contribution in [0.4, 0.5) is 5.82 Å². The summed E-state index contributed by atoms with van der Waals surface area (Å²) in [6.07, 6.45) is 0. The van der Waals surface area contributed by atoms with Gasteiger partial charge in [-0.1, -0.05) is 0 Å². The summed E-state index contributed by atoms with van der Waals surface area (Å²) in [7, 11) is 4.26. The number of nitrogens with zero attached hydrogens (tertiary/aromatic N) is 4. The van der Waals surface area contributed by atoms with Gasteiger partial charge in [-0.25, -0.2) is 4.98 Å². The fourth-order valence-electron chi connectivity index (χ4n) is 2.88. The minimum absolute atomic E-state index is 0.565. The quantitative estimate of drug-likeness (QED) is 0.871. The number of hydrogen-bond acceptors (Lipinski definition) is 5. The van der Waals surface area contributed by atoms with E-state index in [9.17, 15) is 0 Å². The molecule has 1 aromatic rings. The Balaban J connectivity index is 2.02. The monoisotopic (exact) mass is 291 g/mol. The molecule has 118 valence electrons. The van der Waals surface area contributed by atoms with Crippen molar-refractivity contribution in [2.24, 2.45) is 5.73 Å². The maximum absolute atomic E-state index is 5.93. The van der Waals surface area contributed by atoms with E-state index in [4.69, 9.17) is 10.7 Å². The van der Waals surface area contributed by atoms with E-state index in [1.165, 1.54) is 11.1 Å². The summed E-state index contributed by atoms with van der Waals surface area (Å²) in [5, 5.41) is 0. The van der Waals surface area contributed by atoms with Crippen molar-refractivity contribution < 1.29 is 0 Å². The zero-order chi connectivity index (χ0) is 15.4. The Labute approximate surface area is 128 Å². The molecule has 1 aliphatic heterocycles. The van der Waals surface area contributed by atoms with Crippen LogP contribution in [0.25, 0.3) is 0 Å². The van der Waals surface area contributed by atoms with Crippen LogP contribution in [0.2, 0.25) is 0 Å². The van der Waals surface area contributed by atoms with E-state index in [0.29, 0.717) is 6.54 Å². The fourth-order valence-corrected chi connectivity index (χ4v) is 2.88. The fraction of sp³-hybridized carbons (Fsp3) is 0.688. The molecule has 1 saturated heterocycles. The molecule has 1 fully saturated rings. The molecule has 0 atom stereocenters. The predicted octanol–water partition coefficient (Wildman–Crippen LogP) is 0.841. The van der Waals surface area contributed by atoms with Gasteiger partial charge in [0.15, 0.2) is 0 Å². The number of likely N-dealkylation sites (N-methyl/N-ethyl adjacent to an activating group) is 1. The first-order valence-corrected chi connectivity index (χ1v) is 7.80. The first kappa shape index (κ1) is 16.2. The lowest BCUT2D eigenvalue weighted by Gasteiger charge is -2.37. The van der Waals surface area contributed by atoms with Crippen LogP contribution in [-0.4, -0.2) is 68.1 Å². The molecule has 2 heterocycles. The average molecular weight is 291 g/mol. The molecule has 0 aliphatic carbocycles.